The molecule has 0 atom stereocenters. The van der Waals surface area contributed by atoms with Crippen molar-refractivity contribution in [1.29, 1.82) is 0 Å². The topological polar surface area (TPSA) is 87.1 Å². The molecule has 5 aromatic rings. The van der Waals surface area contributed by atoms with Crippen LogP contribution in [0.1, 0.15) is 51.9 Å². The number of hydrogen-bond donors (Lipinski definition) is 0. The fraction of sp³-hybridized carbons (Fsp3) is 0.188. The summed E-state index contributed by atoms with van der Waals surface area (Å²) in [6, 6.07) is 18.1. The highest BCUT2D eigenvalue weighted by Crippen LogP contribution is 2.33. The maximum Gasteiger partial charge on any atom is 0.266 e. The molecule has 212 valence electrons. The van der Waals surface area contributed by atoms with E-state index in [0.29, 0.717) is 31.9 Å². The molecule has 0 fully saturated rings. The Hall–Kier alpha value is -4.10. The lowest BCUT2D eigenvalue weighted by atomic mass is 9.96. The van der Waals surface area contributed by atoms with E-state index < -0.39 is 11.0 Å². The van der Waals surface area contributed by atoms with E-state index in [1.807, 2.05) is 69.3 Å². The summed E-state index contributed by atoms with van der Waals surface area (Å²) in [6.45, 7) is 5.30. The van der Waals surface area contributed by atoms with Crippen molar-refractivity contribution in [1.82, 2.24) is 14.3 Å². The van der Waals surface area contributed by atoms with Crippen LogP contribution in [-0.2, 0) is 12.3 Å². The van der Waals surface area contributed by atoms with E-state index in [2.05, 4.69) is 16.9 Å². The maximum absolute atomic E-state index is 13.4. The molecule has 10 heteroatoms. The van der Waals surface area contributed by atoms with Crippen molar-refractivity contribution in [2.45, 2.75) is 38.1 Å². The quantitative estimate of drug-likeness (QED) is 0.109. The number of ketones is 1. The first-order valence-corrected chi connectivity index (χ1v) is 15.2. The monoisotopic (exact) mass is 615 g/mol. The van der Waals surface area contributed by atoms with Gasteiger partial charge in [0.2, 0.25) is 0 Å². The summed E-state index contributed by atoms with van der Waals surface area (Å²) in [5.74, 6) is 6.14. The molecule has 0 N–H and O–H groups in total. The zero-order valence-corrected chi connectivity index (χ0v) is 25.5. The van der Waals surface area contributed by atoms with Crippen molar-refractivity contribution < 1.29 is 14.0 Å². The van der Waals surface area contributed by atoms with Crippen LogP contribution in [0.15, 0.2) is 93.6 Å². The average molecular weight is 616 g/mol. The number of carbonyl (C=O) groups is 2. The normalized spacial score (nSPS) is 11.2. The fourth-order valence-corrected chi connectivity index (χ4v) is 6.08. The molecule has 7 nitrogen and oxygen atoms in total. The van der Waals surface area contributed by atoms with Gasteiger partial charge in [0.15, 0.2) is 5.78 Å². The second kappa shape index (κ2) is 12.4. The summed E-state index contributed by atoms with van der Waals surface area (Å²) < 4.78 is 8.48. The van der Waals surface area contributed by atoms with Crippen LogP contribution in [0.25, 0.3) is 11.3 Å². The highest BCUT2D eigenvalue weighted by Gasteiger charge is 2.27. The lowest BCUT2D eigenvalue weighted by Gasteiger charge is -2.17. The SMILES string of the molecule is CC(C)(C)C(=O)n1nc(-c2cc(C#Cc3ccccc3)c(=O)n(CC(=O)c3ccoc3)c2)cc1SCc1ccc(Cl)s1. The van der Waals surface area contributed by atoms with Gasteiger partial charge in [0.05, 0.1) is 34.0 Å². The Labute approximate surface area is 256 Å². The molecule has 0 aliphatic carbocycles. The van der Waals surface area contributed by atoms with Crippen molar-refractivity contribution in [3.63, 3.8) is 0 Å². The van der Waals surface area contributed by atoms with Gasteiger partial charge in [0.25, 0.3) is 11.5 Å². The van der Waals surface area contributed by atoms with E-state index in [1.54, 1.807) is 18.3 Å². The lowest BCUT2D eigenvalue weighted by molar-refractivity contribution is 0.0736. The van der Waals surface area contributed by atoms with Gasteiger partial charge < -0.3 is 8.98 Å². The molecule has 0 bridgehead atoms. The number of nitrogens with zero attached hydrogens (tertiary/aromatic N) is 3. The van der Waals surface area contributed by atoms with E-state index in [1.165, 1.54) is 44.9 Å². The first kappa shape index (κ1) is 29.4. The van der Waals surface area contributed by atoms with Gasteiger partial charge in [0, 0.05) is 33.4 Å². The molecule has 0 saturated heterocycles. The minimum atomic E-state index is -0.688. The van der Waals surface area contributed by atoms with Gasteiger partial charge in [-0.2, -0.15) is 9.78 Å². The van der Waals surface area contributed by atoms with Crippen LogP contribution in [0.4, 0.5) is 0 Å². The van der Waals surface area contributed by atoms with E-state index in [9.17, 15) is 14.4 Å². The van der Waals surface area contributed by atoms with Gasteiger partial charge in [-0.3, -0.25) is 14.4 Å². The maximum atomic E-state index is 13.4. The van der Waals surface area contributed by atoms with Crippen LogP contribution in [0.2, 0.25) is 4.34 Å². The van der Waals surface area contributed by atoms with Crippen LogP contribution < -0.4 is 5.56 Å². The fourth-order valence-electron chi connectivity index (χ4n) is 3.96. The number of halogens is 1. The molecule has 4 heterocycles. The highest BCUT2D eigenvalue weighted by atomic mass is 35.5. The Kier molecular flexibility index (Phi) is 8.69. The van der Waals surface area contributed by atoms with Crippen molar-refractivity contribution in [3.8, 4) is 23.1 Å². The van der Waals surface area contributed by atoms with Crippen LogP contribution in [0.3, 0.4) is 0 Å². The second-order valence-corrected chi connectivity index (χ2v) is 13.3. The third-order valence-corrected chi connectivity index (χ3v) is 8.61. The van der Waals surface area contributed by atoms with Crippen molar-refractivity contribution in [2.24, 2.45) is 5.41 Å². The van der Waals surface area contributed by atoms with Gasteiger partial charge in [0.1, 0.15) is 11.3 Å². The smallest absolute Gasteiger partial charge is 0.266 e. The molecule has 4 aromatic heterocycles. The van der Waals surface area contributed by atoms with E-state index in [4.69, 9.17) is 16.0 Å². The Bertz CT molecular complexity index is 1870. The molecular formula is C32H26ClN3O4S2. The van der Waals surface area contributed by atoms with Gasteiger partial charge in [-0.05, 0) is 42.5 Å². The first-order chi connectivity index (χ1) is 20.1. The standard InChI is InChI=1S/C32H26ClN3O4S2/c1-32(2,3)31(39)36-29(41-20-25-11-12-28(33)42-25)16-26(34-36)24-15-22(10-9-21-7-5-4-6-8-21)30(38)35(17-24)18-27(37)23-13-14-40-19-23/h4-8,11-17,19H,18,20H2,1-3H3. The summed E-state index contributed by atoms with van der Waals surface area (Å²) in [7, 11) is 0. The molecular weight excluding hydrogens is 590 g/mol. The van der Waals surface area contributed by atoms with Crippen molar-refractivity contribution in [3.05, 3.63) is 116 Å². The van der Waals surface area contributed by atoms with Crippen LogP contribution in [0.5, 0.6) is 0 Å². The summed E-state index contributed by atoms with van der Waals surface area (Å²) in [5, 5.41) is 5.34. The van der Waals surface area contributed by atoms with Gasteiger partial charge in [-0.25, -0.2) is 0 Å². The Morgan fingerprint density at radius 1 is 1.07 bits per heavy atom. The number of hydrogen-bond acceptors (Lipinski definition) is 7. The molecule has 0 radical (unpaired) electrons. The van der Waals surface area contributed by atoms with E-state index >= 15 is 0 Å². The van der Waals surface area contributed by atoms with Gasteiger partial charge >= 0.3 is 0 Å². The molecule has 42 heavy (non-hydrogen) atoms. The Morgan fingerprint density at radius 3 is 2.52 bits per heavy atom. The second-order valence-electron chi connectivity index (χ2n) is 10.5. The number of thioether (sulfide) groups is 1. The van der Waals surface area contributed by atoms with E-state index in [0.717, 1.165) is 10.4 Å². The Balaban J connectivity index is 1.59. The highest BCUT2D eigenvalue weighted by molar-refractivity contribution is 7.98. The first-order valence-electron chi connectivity index (χ1n) is 13.0. The number of aromatic nitrogens is 3. The predicted octanol–water partition coefficient (Wildman–Crippen LogP) is 7.28. The van der Waals surface area contributed by atoms with Crippen molar-refractivity contribution in [2.75, 3.05) is 0 Å². The van der Waals surface area contributed by atoms with E-state index in [-0.39, 0.29) is 23.8 Å². The zero-order chi connectivity index (χ0) is 29.9. The average Bonchev–Trinajstić information content (AvgIpc) is 3.73. The number of furan rings is 1. The number of pyridine rings is 1. The number of carbonyl (C=O) groups excluding carboxylic acids is 2. The number of benzene rings is 1. The van der Waals surface area contributed by atoms with Gasteiger partial charge in [-0.15, -0.1) is 23.1 Å². The van der Waals surface area contributed by atoms with Crippen LogP contribution in [-0.4, -0.2) is 26.0 Å². The van der Waals surface area contributed by atoms with Crippen LogP contribution >= 0.6 is 34.7 Å². The lowest BCUT2D eigenvalue weighted by Crippen LogP contribution is -2.28. The number of thiophene rings is 1. The number of Topliss-reactive ketones (excluding diaryl/α,β-unsaturated/α-hetero) is 1. The molecule has 0 aliphatic rings. The summed E-state index contributed by atoms with van der Waals surface area (Å²) in [4.78, 5) is 40.8. The molecule has 0 spiro atoms. The molecule has 0 amide bonds. The minimum absolute atomic E-state index is 0.173. The molecule has 0 saturated carbocycles. The number of rotatable bonds is 7. The van der Waals surface area contributed by atoms with Crippen molar-refractivity contribution >= 4 is 46.4 Å². The summed E-state index contributed by atoms with van der Waals surface area (Å²) >= 11 is 9.07. The molecule has 5 rings (SSSR count). The molecule has 0 aliphatic heterocycles. The summed E-state index contributed by atoms with van der Waals surface area (Å²) in [5.41, 5.74) is 1.24. The largest absolute Gasteiger partial charge is 0.472 e. The molecule has 0 unspecified atom stereocenters. The van der Waals surface area contributed by atoms with Crippen LogP contribution in [0, 0.1) is 17.3 Å². The molecule has 1 aromatic carbocycles. The third-order valence-electron chi connectivity index (χ3n) is 6.16. The minimum Gasteiger partial charge on any atom is -0.472 e. The zero-order valence-electron chi connectivity index (χ0n) is 23.1. The predicted molar refractivity (Wildman–Crippen MR) is 166 cm³/mol. The summed E-state index contributed by atoms with van der Waals surface area (Å²) in [6.07, 6.45) is 4.33. The third kappa shape index (κ3) is 6.85. The Morgan fingerprint density at radius 2 is 1.86 bits per heavy atom. The van der Waals surface area contributed by atoms with Gasteiger partial charge in [-0.1, -0.05) is 62.4 Å².